The van der Waals surface area contributed by atoms with Crippen LogP contribution in [0.15, 0.2) is 60.7 Å². The Hall–Kier alpha value is -2.86. The van der Waals surface area contributed by atoms with Crippen molar-refractivity contribution in [2.45, 2.75) is 11.8 Å². The van der Waals surface area contributed by atoms with Gasteiger partial charge in [-0.2, -0.15) is 0 Å². The molecule has 1 unspecified atom stereocenters. The minimum atomic E-state index is -0.971. The first-order valence-electron chi connectivity index (χ1n) is 10.0. The van der Waals surface area contributed by atoms with E-state index in [0.717, 1.165) is 17.7 Å². The van der Waals surface area contributed by atoms with E-state index in [1.54, 1.807) is 4.90 Å². The second-order valence-electron chi connectivity index (χ2n) is 7.87. The molecule has 0 spiro atoms. The van der Waals surface area contributed by atoms with Crippen LogP contribution in [-0.2, 0) is 10.2 Å². The Balaban J connectivity index is 1.90. The third kappa shape index (κ3) is 4.27. The van der Waals surface area contributed by atoms with Gasteiger partial charge in [-0.05, 0) is 31.6 Å². The first-order valence-corrected chi connectivity index (χ1v) is 10.0. The zero-order valence-electron chi connectivity index (χ0n) is 17.2. The van der Waals surface area contributed by atoms with E-state index in [0.29, 0.717) is 26.1 Å². The topological polar surface area (TPSA) is 78.7 Å². The normalized spacial score (nSPS) is 16.8. The number of rotatable bonds is 7. The highest BCUT2D eigenvalue weighted by molar-refractivity contribution is 5.91. The van der Waals surface area contributed by atoms with Crippen molar-refractivity contribution in [3.05, 3.63) is 71.8 Å². The van der Waals surface area contributed by atoms with E-state index in [-0.39, 0.29) is 17.9 Å². The van der Waals surface area contributed by atoms with Gasteiger partial charge in [0, 0.05) is 32.1 Å². The number of likely N-dealkylation sites (N-methyl/N-ethyl adjacent to an activating group) is 1. The number of urea groups is 1. The van der Waals surface area contributed by atoms with Crippen LogP contribution in [-0.4, -0.2) is 62.0 Å². The number of amides is 3. The molecule has 0 bridgehead atoms. The molecule has 154 valence electrons. The number of carbonyl (C=O) groups is 2. The van der Waals surface area contributed by atoms with Crippen LogP contribution in [0.1, 0.15) is 17.5 Å². The Morgan fingerprint density at radius 3 is 2.10 bits per heavy atom. The number of nitrogens with zero attached hydrogens (tertiary/aromatic N) is 2. The fourth-order valence-corrected chi connectivity index (χ4v) is 4.32. The molecule has 1 saturated heterocycles. The van der Waals surface area contributed by atoms with Crippen molar-refractivity contribution >= 4 is 11.9 Å². The predicted molar refractivity (Wildman–Crippen MR) is 114 cm³/mol. The van der Waals surface area contributed by atoms with Crippen LogP contribution < -0.4 is 11.1 Å². The summed E-state index contributed by atoms with van der Waals surface area (Å²) >= 11 is 0. The standard InChI is InChI=1S/C23H30N4O2/c1-26(2)16-14-25-22(29)27-15-13-20(17-27)23(21(24)28,18-9-5-3-6-10-18)19-11-7-4-8-12-19/h3-12,20H,13-17H2,1-2H3,(H2,24,28)(H,25,29). The van der Waals surface area contributed by atoms with Gasteiger partial charge in [-0.25, -0.2) is 4.79 Å². The number of benzene rings is 2. The summed E-state index contributed by atoms with van der Waals surface area (Å²) < 4.78 is 0. The van der Waals surface area contributed by atoms with Gasteiger partial charge >= 0.3 is 6.03 Å². The van der Waals surface area contributed by atoms with Crippen LogP contribution in [0.25, 0.3) is 0 Å². The Kier molecular flexibility index (Phi) is 6.54. The summed E-state index contributed by atoms with van der Waals surface area (Å²) in [5, 5.41) is 2.97. The molecular formula is C23H30N4O2. The predicted octanol–water partition coefficient (Wildman–Crippen LogP) is 2.05. The fourth-order valence-electron chi connectivity index (χ4n) is 4.32. The van der Waals surface area contributed by atoms with Crippen molar-refractivity contribution in [1.29, 1.82) is 0 Å². The third-order valence-electron chi connectivity index (χ3n) is 5.77. The van der Waals surface area contributed by atoms with Gasteiger partial charge in [-0.3, -0.25) is 4.79 Å². The fraction of sp³-hybridized carbons (Fsp3) is 0.391. The molecule has 3 N–H and O–H groups in total. The van der Waals surface area contributed by atoms with E-state index in [9.17, 15) is 9.59 Å². The molecule has 2 aromatic rings. The molecule has 3 amide bonds. The molecule has 0 aliphatic carbocycles. The lowest BCUT2D eigenvalue weighted by molar-refractivity contribution is -0.123. The molecule has 0 aromatic heterocycles. The lowest BCUT2D eigenvalue weighted by atomic mass is 9.64. The zero-order chi connectivity index (χ0) is 20.9. The minimum Gasteiger partial charge on any atom is -0.369 e. The Bertz CT molecular complexity index is 784. The van der Waals surface area contributed by atoms with Gasteiger partial charge in [0.05, 0.1) is 0 Å². The van der Waals surface area contributed by atoms with Crippen molar-refractivity contribution in [3.8, 4) is 0 Å². The first kappa shape index (κ1) is 20.9. The van der Waals surface area contributed by atoms with Crippen LogP contribution in [0.4, 0.5) is 4.79 Å². The molecular weight excluding hydrogens is 364 g/mol. The first-order chi connectivity index (χ1) is 14.0. The van der Waals surface area contributed by atoms with E-state index in [1.807, 2.05) is 79.7 Å². The summed E-state index contributed by atoms with van der Waals surface area (Å²) in [6, 6.07) is 19.3. The van der Waals surface area contributed by atoms with Crippen LogP contribution in [0.3, 0.4) is 0 Å². The molecule has 6 nitrogen and oxygen atoms in total. The number of hydrogen-bond donors (Lipinski definition) is 2. The largest absolute Gasteiger partial charge is 0.369 e. The molecule has 0 saturated carbocycles. The maximum Gasteiger partial charge on any atom is 0.317 e. The Morgan fingerprint density at radius 2 is 1.62 bits per heavy atom. The van der Waals surface area contributed by atoms with Gasteiger partial charge in [0.25, 0.3) is 0 Å². The van der Waals surface area contributed by atoms with Crippen molar-refractivity contribution in [1.82, 2.24) is 15.1 Å². The summed E-state index contributed by atoms with van der Waals surface area (Å²) in [4.78, 5) is 29.5. The second-order valence-corrected chi connectivity index (χ2v) is 7.87. The van der Waals surface area contributed by atoms with Gasteiger partial charge < -0.3 is 20.9 Å². The van der Waals surface area contributed by atoms with Crippen LogP contribution in [0.2, 0.25) is 0 Å². The summed E-state index contributed by atoms with van der Waals surface area (Å²) in [7, 11) is 3.94. The molecule has 1 aliphatic rings. The Labute approximate surface area is 172 Å². The van der Waals surface area contributed by atoms with Crippen molar-refractivity contribution in [3.63, 3.8) is 0 Å². The van der Waals surface area contributed by atoms with Gasteiger partial charge in [0.15, 0.2) is 0 Å². The van der Waals surface area contributed by atoms with E-state index in [4.69, 9.17) is 5.73 Å². The average molecular weight is 395 g/mol. The van der Waals surface area contributed by atoms with Gasteiger partial charge in [-0.15, -0.1) is 0 Å². The average Bonchev–Trinajstić information content (AvgIpc) is 3.20. The van der Waals surface area contributed by atoms with Gasteiger partial charge in [0.1, 0.15) is 5.41 Å². The summed E-state index contributed by atoms with van der Waals surface area (Å²) in [6.45, 7) is 2.46. The van der Waals surface area contributed by atoms with E-state index in [2.05, 4.69) is 5.32 Å². The molecule has 0 radical (unpaired) electrons. The highest BCUT2D eigenvalue weighted by atomic mass is 16.2. The quantitative estimate of drug-likeness (QED) is 0.754. The SMILES string of the molecule is CN(C)CCNC(=O)N1CCC(C(C(N)=O)(c2ccccc2)c2ccccc2)C1. The second kappa shape index (κ2) is 9.09. The van der Waals surface area contributed by atoms with Crippen molar-refractivity contribution in [2.75, 3.05) is 40.3 Å². The van der Waals surface area contributed by atoms with Crippen LogP contribution in [0, 0.1) is 5.92 Å². The molecule has 3 rings (SSSR count). The number of nitrogens with one attached hydrogen (secondary N) is 1. The van der Waals surface area contributed by atoms with E-state index >= 15 is 0 Å². The number of carbonyl (C=O) groups excluding carboxylic acids is 2. The summed E-state index contributed by atoms with van der Waals surface area (Å²) in [5.74, 6) is -0.473. The number of likely N-dealkylation sites (tertiary alicyclic amines) is 1. The van der Waals surface area contributed by atoms with Gasteiger partial charge in [-0.1, -0.05) is 60.7 Å². The number of nitrogens with two attached hydrogens (primary N) is 1. The molecule has 1 aliphatic heterocycles. The van der Waals surface area contributed by atoms with E-state index < -0.39 is 5.41 Å². The van der Waals surface area contributed by atoms with Crippen molar-refractivity contribution in [2.24, 2.45) is 11.7 Å². The summed E-state index contributed by atoms with van der Waals surface area (Å²) in [6.07, 6.45) is 0.716. The van der Waals surface area contributed by atoms with Crippen molar-refractivity contribution < 1.29 is 9.59 Å². The lowest BCUT2D eigenvalue weighted by Crippen LogP contribution is -2.50. The van der Waals surface area contributed by atoms with Gasteiger partial charge in [0.2, 0.25) is 5.91 Å². The maximum atomic E-state index is 13.0. The van der Waals surface area contributed by atoms with E-state index in [1.165, 1.54) is 0 Å². The smallest absolute Gasteiger partial charge is 0.317 e. The molecule has 6 heteroatoms. The van der Waals surface area contributed by atoms with Crippen LogP contribution >= 0.6 is 0 Å². The highest BCUT2D eigenvalue weighted by Crippen LogP contribution is 2.43. The monoisotopic (exact) mass is 394 g/mol. The molecule has 2 aromatic carbocycles. The highest BCUT2D eigenvalue weighted by Gasteiger charge is 2.50. The molecule has 1 atom stereocenters. The molecule has 29 heavy (non-hydrogen) atoms. The molecule has 1 fully saturated rings. The summed E-state index contributed by atoms with van der Waals surface area (Å²) in [5.41, 5.74) is 6.86. The third-order valence-corrected chi connectivity index (χ3v) is 5.77. The number of hydrogen-bond acceptors (Lipinski definition) is 3. The molecule has 1 heterocycles. The maximum absolute atomic E-state index is 13.0. The zero-order valence-corrected chi connectivity index (χ0v) is 17.2. The lowest BCUT2D eigenvalue weighted by Gasteiger charge is -2.37. The minimum absolute atomic E-state index is 0.0890. The number of primary amides is 1. The Morgan fingerprint density at radius 1 is 1.07 bits per heavy atom. The van der Waals surface area contributed by atoms with Crippen LogP contribution in [0.5, 0.6) is 0 Å².